The van der Waals surface area contributed by atoms with E-state index in [1.807, 2.05) is 11.3 Å². The first-order chi connectivity index (χ1) is 7.81. The Balaban J connectivity index is 2.09. The minimum atomic E-state index is 0.628. The molecule has 2 rings (SSSR count). The van der Waals surface area contributed by atoms with Gasteiger partial charge in [0.25, 0.3) is 0 Å². The second kappa shape index (κ2) is 6.15. The van der Waals surface area contributed by atoms with Gasteiger partial charge in [-0.15, -0.1) is 11.3 Å². The monoisotopic (exact) mass is 302 g/mol. The van der Waals surface area contributed by atoms with E-state index in [0.29, 0.717) is 6.04 Å². The van der Waals surface area contributed by atoms with E-state index in [-0.39, 0.29) is 0 Å². The van der Waals surface area contributed by atoms with Crippen LogP contribution in [0, 0.1) is 0 Å². The van der Waals surface area contributed by atoms with Crippen LogP contribution >= 0.6 is 27.3 Å². The molecule has 4 heteroatoms. The van der Waals surface area contributed by atoms with Crippen LogP contribution in [0.4, 0.5) is 0 Å². The molecule has 0 unspecified atom stereocenters. The summed E-state index contributed by atoms with van der Waals surface area (Å²) < 4.78 is 1.23. The second-order valence-electron chi connectivity index (χ2n) is 4.26. The molecular formula is C12H19BrN2S. The Morgan fingerprint density at radius 3 is 2.81 bits per heavy atom. The van der Waals surface area contributed by atoms with Crippen LogP contribution in [0.2, 0.25) is 0 Å². The summed E-state index contributed by atoms with van der Waals surface area (Å²) in [5.74, 6) is 0. The molecule has 1 aliphatic rings. The van der Waals surface area contributed by atoms with Gasteiger partial charge in [0.1, 0.15) is 0 Å². The average Bonchev–Trinajstić information content (AvgIpc) is 2.74. The van der Waals surface area contributed by atoms with Gasteiger partial charge in [0.2, 0.25) is 0 Å². The van der Waals surface area contributed by atoms with Gasteiger partial charge in [0.15, 0.2) is 0 Å². The number of hydrogen-bond acceptors (Lipinski definition) is 3. The molecule has 90 valence electrons. The van der Waals surface area contributed by atoms with Crippen molar-refractivity contribution in [3.8, 4) is 0 Å². The summed E-state index contributed by atoms with van der Waals surface area (Å²) in [6.45, 7) is 6.90. The lowest BCUT2D eigenvalue weighted by atomic mass is 10.1. The second-order valence-corrected chi connectivity index (χ2v) is 6.12. The molecule has 1 aromatic heterocycles. The van der Waals surface area contributed by atoms with E-state index in [0.717, 1.165) is 13.1 Å². The summed E-state index contributed by atoms with van der Waals surface area (Å²) in [5, 5.41) is 5.62. The highest BCUT2D eigenvalue weighted by Crippen LogP contribution is 2.32. The predicted octanol–water partition coefficient (Wildman–Crippen LogP) is 3.26. The number of nitrogens with one attached hydrogen (secondary N) is 1. The molecule has 1 aliphatic heterocycles. The van der Waals surface area contributed by atoms with Gasteiger partial charge in [0, 0.05) is 47.0 Å². The lowest BCUT2D eigenvalue weighted by molar-refractivity contribution is 0.167. The van der Waals surface area contributed by atoms with Gasteiger partial charge < -0.3 is 5.32 Å². The van der Waals surface area contributed by atoms with Crippen LogP contribution in [0.1, 0.15) is 30.7 Å². The Bertz CT molecular complexity index is 321. The molecule has 2 nitrogen and oxygen atoms in total. The van der Waals surface area contributed by atoms with Crippen LogP contribution in [-0.4, -0.2) is 31.1 Å². The molecular weight excluding hydrogens is 284 g/mol. The molecule has 16 heavy (non-hydrogen) atoms. The Morgan fingerprint density at radius 2 is 2.25 bits per heavy atom. The molecule has 1 saturated heterocycles. The fourth-order valence-corrected chi connectivity index (χ4v) is 3.89. The molecule has 0 aliphatic carbocycles. The predicted molar refractivity (Wildman–Crippen MR) is 74.1 cm³/mol. The summed E-state index contributed by atoms with van der Waals surface area (Å²) in [5.41, 5.74) is 0. The average molecular weight is 303 g/mol. The van der Waals surface area contributed by atoms with Crippen molar-refractivity contribution in [2.24, 2.45) is 0 Å². The smallest absolute Gasteiger partial charge is 0.0442 e. The van der Waals surface area contributed by atoms with Crippen molar-refractivity contribution in [2.75, 3.05) is 26.2 Å². The largest absolute Gasteiger partial charge is 0.314 e. The van der Waals surface area contributed by atoms with E-state index in [2.05, 4.69) is 44.5 Å². The van der Waals surface area contributed by atoms with Crippen LogP contribution in [0.5, 0.6) is 0 Å². The fourth-order valence-electron chi connectivity index (χ4n) is 2.28. The highest BCUT2D eigenvalue weighted by molar-refractivity contribution is 9.10. The summed E-state index contributed by atoms with van der Waals surface area (Å²) in [6.07, 6.45) is 2.52. The number of piperazine rings is 1. The van der Waals surface area contributed by atoms with E-state index in [9.17, 15) is 0 Å². The van der Waals surface area contributed by atoms with Gasteiger partial charge in [-0.25, -0.2) is 0 Å². The van der Waals surface area contributed by atoms with Crippen molar-refractivity contribution in [3.05, 3.63) is 20.8 Å². The van der Waals surface area contributed by atoms with Gasteiger partial charge in [-0.2, -0.15) is 0 Å². The zero-order valence-corrected chi connectivity index (χ0v) is 12.1. The first-order valence-electron chi connectivity index (χ1n) is 6.00. The summed E-state index contributed by atoms with van der Waals surface area (Å²) in [7, 11) is 0. The topological polar surface area (TPSA) is 15.3 Å². The quantitative estimate of drug-likeness (QED) is 0.918. The first-order valence-corrected chi connectivity index (χ1v) is 7.67. The van der Waals surface area contributed by atoms with E-state index < -0.39 is 0 Å². The van der Waals surface area contributed by atoms with E-state index >= 15 is 0 Å². The Labute approximate surface area is 110 Å². The van der Waals surface area contributed by atoms with Crippen molar-refractivity contribution in [2.45, 2.75) is 25.8 Å². The Morgan fingerprint density at radius 1 is 1.50 bits per heavy atom. The van der Waals surface area contributed by atoms with Crippen LogP contribution in [0.15, 0.2) is 15.9 Å². The van der Waals surface area contributed by atoms with Gasteiger partial charge in [-0.3, -0.25) is 4.90 Å². The minimum absolute atomic E-state index is 0.628. The molecule has 1 aromatic rings. The summed E-state index contributed by atoms with van der Waals surface area (Å²) in [4.78, 5) is 4.13. The molecule has 2 heterocycles. The lowest BCUT2D eigenvalue weighted by Crippen LogP contribution is -2.44. The van der Waals surface area contributed by atoms with Crippen molar-refractivity contribution < 1.29 is 0 Å². The number of hydrogen-bond donors (Lipinski definition) is 1. The van der Waals surface area contributed by atoms with E-state index in [1.165, 1.54) is 35.3 Å². The number of nitrogens with zero attached hydrogens (tertiary/aromatic N) is 1. The number of thiophene rings is 1. The maximum absolute atomic E-state index is 3.56. The van der Waals surface area contributed by atoms with Crippen LogP contribution in [0.25, 0.3) is 0 Å². The van der Waals surface area contributed by atoms with Crippen LogP contribution in [0.3, 0.4) is 0 Å². The molecule has 0 spiro atoms. The maximum Gasteiger partial charge on any atom is 0.0442 e. The van der Waals surface area contributed by atoms with Crippen molar-refractivity contribution in [1.82, 2.24) is 10.2 Å². The zero-order chi connectivity index (χ0) is 11.4. The third kappa shape index (κ3) is 3.06. The fraction of sp³-hybridized carbons (Fsp3) is 0.667. The minimum Gasteiger partial charge on any atom is -0.314 e. The van der Waals surface area contributed by atoms with Crippen LogP contribution in [-0.2, 0) is 0 Å². The standard InChI is InChI=1S/C12H19BrN2S/c1-2-3-11(12-8-10(13)9-16-12)15-6-4-14-5-7-15/h8-9,11,14H,2-7H2,1H3/t11-/m0/s1. The van der Waals surface area contributed by atoms with Crippen LogP contribution < -0.4 is 5.32 Å². The molecule has 1 N–H and O–H groups in total. The van der Waals surface area contributed by atoms with Gasteiger partial charge in [-0.05, 0) is 28.4 Å². The molecule has 0 radical (unpaired) electrons. The molecule has 1 fully saturated rings. The molecule has 0 amide bonds. The normalized spacial score (nSPS) is 19.9. The van der Waals surface area contributed by atoms with Crippen molar-refractivity contribution in [1.29, 1.82) is 0 Å². The molecule has 0 bridgehead atoms. The first kappa shape index (κ1) is 12.6. The van der Waals surface area contributed by atoms with Crippen molar-refractivity contribution >= 4 is 27.3 Å². The lowest BCUT2D eigenvalue weighted by Gasteiger charge is -2.34. The van der Waals surface area contributed by atoms with Gasteiger partial charge >= 0.3 is 0 Å². The van der Waals surface area contributed by atoms with Crippen molar-refractivity contribution in [3.63, 3.8) is 0 Å². The summed E-state index contributed by atoms with van der Waals surface area (Å²) >= 11 is 5.44. The Hall–Kier alpha value is 0.1000. The number of rotatable bonds is 4. The summed E-state index contributed by atoms with van der Waals surface area (Å²) in [6, 6.07) is 2.91. The Kier molecular flexibility index (Phi) is 4.82. The van der Waals surface area contributed by atoms with Gasteiger partial charge in [0.05, 0.1) is 0 Å². The van der Waals surface area contributed by atoms with E-state index in [4.69, 9.17) is 0 Å². The molecule has 0 aromatic carbocycles. The van der Waals surface area contributed by atoms with E-state index in [1.54, 1.807) is 0 Å². The highest BCUT2D eigenvalue weighted by atomic mass is 79.9. The zero-order valence-electron chi connectivity index (χ0n) is 9.71. The molecule has 0 saturated carbocycles. The SMILES string of the molecule is CCC[C@@H](c1cc(Br)cs1)N1CCNCC1. The third-order valence-electron chi connectivity index (χ3n) is 3.07. The highest BCUT2D eigenvalue weighted by Gasteiger charge is 2.22. The van der Waals surface area contributed by atoms with Gasteiger partial charge in [-0.1, -0.05) is 13.3 Å². The maximum atomic E-state index is 3.56. The molecule has 1 atom stereocenters. The third-order valence-corrected chi connectivity index (χ3v) is 4.87. The number of halogens is 1.